The maximum atomic E-state index is 8.60. The van der Waals surface area contributed by atoms with E-state index in [4.69, 9.17) is 5.21 Å². The van der Waals surface area contributed by atoms with Gasteiger partial charge < -0.3 is 5.21 Å². The zero-order chi connectivity index (χ0) is 10.6. The van der Waals surface area contributed by atoms with Crippen molar-refractivity contribution in [2.75, 3.05) is 0 Å². The Bertz CT molecular complexity index is 314. The maximum absolute atomic E-state index is 8.60. The van der Waals surface area contributed by atoms with Crippen LogP contribution in [0.25, 0.3) is 0 Å². The standard InChI is InChI=1S/C12H17NO/c1-4-9(2)11-5-7-12(8-6-11)10(3)13-14/h5-9,14H,4H2,1-3H3/b13-10-/t9-/m0/s1. The third kappa shape index (κ3) is 2.34. The molecule has 0 radical (unpaired) electrons. The van der Waals surface area contributed by atoms with Gasteiger partial charge in [0.1, 0.15) is 0 Å². The lowest BCUT2D eigenvalue weighted by molar-refractivity contribution is 0.319. The summed E-state index contributed by atoms with van der Waals surface area (Å²) in [6.07, 6.45) is 1.15. The summed E-state index contributed by atoms with van der Waals surface area (Å²) in [6, 6.07) is 8.18. The highest BCUT2D eigenvalue weighted by atomic mass is 16.4. The fourth-order valence-corrected chi connectivity index (χ4v) is 1.35. The van der Waals surface area contributed by atoms with Crippen LogP contribution in [0.1, 0.15) is 44.2 Å². The Hall–Kier alpha value is -1.31. The van der Waals surface area contributed by atoms with Crippen LogP contribution in [-0.2, 0) is 0 Å². The molecule has 0 aliphatic heterocycles. The van der Waals surface area contributed by atoms with E-state index < -0.39 is 0 Å². The topological polar surface area (TPSA) is 32.6 Å². The molecule has 1 aromatic rings. The van der Waals surface area contributed by atoms with Crippen LogP contribution in [0.3, 0.4) is 0 Å². The third-order valence-corrected chi connectivity index (χ3v) is 2.66. The molecule has 0 aliphatic carbocycles. The Morgan fingerprint density at radius 2 is 1.93 bits per heavy atom. The van der Waals surface area contributed by atoms with Crippen molar-refractivity contribution in [2.24, 2.45) is 5.16 Å². The summed E-state index contributed by atoms with van der Waals surface area (Å²) in [5, 5.41) is 11.8. The Morgan fingerprint density at radius 1 is 1.36 bits per heavy atom. The highest BCUT2D eigenvalue weighted by Crippen LogP contribution is 2.18. The molecule has 0 bridgehead atoms. The van der Waals surface area contributed by atoms with Gasteiger partial charge in [-0.05, 0) is 30.4 Å². The van der Waals surface area contributed by atoms with Gasteiger partial charge in [0.15, 0.2) is 0 Å². The van der Waals surface area contributed by atoms with Gasteiger partial charge in [0.2, 0.25) is 0 Å². The Labute approximate surface area is 85.3 Å². The van der Waals surface area contributed by atoms with Gasteiger partial charge in [0.05, 0.1) is 5.71 Å². The number of hydrogen-bond donors (Lipinski definition) is 1. The number of hydrogen-bond acceptors (Lipinski definition) is 2. The Kier molecular flexibility index (Phi) is 3.69. The van der Waals surface area contributed by atoms with Crippen molar-refractivity contribution in [3.8, 4) is 0 Å². The number of oxime groups is 1. The second kappa shape index (κ2) is 4.80. The first-order chi connectivity index (χ1) is 6.69. The van der Waals surface area contributed by atoms with Crippen LogP contribution in [0.15, 0.2) is 29.4 Å². The average Bonchev–Trinajstić information content (AvgIpc) is 2.27. The Balaban J connectivity index is 2.89. The quantitative estimate of drug-likeness (QED) is 0.443. The van der Waals surface area contributed by atoms with E-state index in [1.807, 2.05) is 12.1 Å². The maximum Gasteiger partial charge on any atom is 0.0836 e. The summed E-state index contributed by atoms with van der Waals surface area (Å²) in [6.45, 7) is 6.18. The van der Waals surface area contributed by atoms with Crippen LogP contribution in [0.2, 0.25) is 0 Å². The number of nitrogens with zero attached hydrogens (tertiary/aromatic N) is 1. The molecule has 0 saturated carbocycles. The molecule has 1 rings (SSSR count). The molecule has 0 amide bonds. The molecule has 14 heavy (non-hydrogen) atoms. The van der Waals surface area contributed by atoms with Gasteiger partial charge >= 0.3 is 0 Å². The molecule has 0 fully saturated rings. The minimum absolute atomic E-state index is 0.593. The van der Waals surface area contributed by atoms with E-state index in [2.05, 4.69) is 31.1 Å². The second-order valence-corrected chi connectivity index (χ2v) is 3.62. The van der Waals surface area contributed by atoms with Crippen molar-refractivity contribution >= 4 is 5.71 Å². The molecule has 1 atom stereocenters. The highest BCUT2D eigenvalue weighted by Gasteiger charge is 2.03. The highest BCUT2D eigenvalue weighted by molar-refractivity contribution is 5.98. The van der Waals surface area contributed by atoms with Crippen LogP contribution in [-0.4, -0.2) is 10.9 Å². The molecule has 2 nitrogen and oxygen atoms in total. The molecular weight excluding hydrogens is 174 g/mol. The SMILES string of the molecule is CC[C@H](C)c1ccc(/C(C)=N\O)cc1. The van der Waals surface area contributed by atoms with Crippen LogP contribution >= 0.6 is 0 Å². The average molecular weight is 191 g/mol. The predicted octanol–water partition coefficient (Wildman–Crippen LogP) is 3.40. The fourth-order valence-electron chi connectivity index (χ4n) is 1.35. The van der Waals surface area contributed by atoms with Gasteiger partial charge in [0.25, 0.3) is 0 Å². The summed E-state index contributed by atoms with van der Waals surface area (Å²) < 4.78 is 0. The van der Waals surface area contributed by atoms with E-state index >= 15 is 0 Å². The normalized spacial score (nSPS) is 14.1. The van der Waals surface area contributed by atoms with Crippen molar-refractivity contribution in [3.63, 3.8) is 0 Å². The Morgan fingerprint density at radius 3 is 2.36 bits per heavy atom. The summed E-state index contributed by atoms with van der Waals surface area (Å²) in [5.41, 5.74) is 2.96. The van der Waals surface area contributed by atoms with Crippen LogP contribution in [0.5, 0.6) is 0 Å². The van der Waals surface area contributed by atoms with E-state index in [0.717, 1.165) is 12.0 Å². The van der Waals surface area contributed by atoms with E-state index in [1.54, 1.807) is 6.92 Å². The predicted molar refractivity (Wildman–Crippen MR) is 59.1 cm³/mol. The zero-order valence-electron chi connectivity index (χ0n) is 8.99. The molecule has 0 heterocycles. The van der Waals surface area contributed by atoms with Crippen molar-refractivity contribution in [1.29, 1.82) is 0 Å². The van der Waals surface area contributed by atoms with Crippen molar-refractivity contribution in [1.82, 2.24) is 0 Å². The van der Waals surface area contributed by atoms with Crippen LogP contribution < -0.4 is 0 Å². The molecule has 0 spiro atoms. The summed E-state index contributed by atoms with van der Waals surface area (Å²) in [4.78, 5) is 0. The molecule has 0 aliphatic rings. The monoisotopic (exact) mass is 191 g/mol. The molecule has 1 aromatic carbocycles. The molecule has 2 heteroatoms. The lowest BCUT2D eigenvalue weighted by atomic mass is 9.97. The molecule has 0 aromatic heterocycles. The van der Waals surface area contributed by atoms with Crippen molar-refractivity contribution < 1.29 is 5.21 Å². The largest absolute Gasteiger partial charge is 0.411 e. The molecule has 0 saturated heterocycles. The van der Waals surface area contributed by atoms with Gasteiger partial charge in [-0.1, -0.05) is 43.3 Å². The zero-order valence-corrected chi connectivity index (χ0v) is 8.99. The third-order valence-electron chi connectivity index (χ3n) is 2.66. The van der Waals surface area contributed by atoms with E-state index in [0.29, 0.717) is 11.6 Å². The van der Waals surface area contributed by atoms with Gasteiger partial charge in [-0.3, -0.25) is 0 Å². The minimum Gasteiger partial charge on any atom is -0.411 e. The van der Waals surface area contributed by atoms with Gasteiger partial charge in [-0.15, -0.1) is 0 Å². The molecule has 1 N–H and O–H groups in total. The van der Waals surface area contributed by atoms with Crippen molar-refractivity contribution in [2.45, 2.75) is 33.1 Å². The first-order valence-corrected chi connectivity index (χ1v) is 4.98. The molecule has 76 valence electrons. The van der Waals surface area contributed by atoms with Gasteiger partial charge in [0, 0.05) is 0 Å². The summed E-state index contributed by atoms with van der Waals surface area (Å²) in [7, 11) is 0. The lowest BCUT2D eigenvalue weighted by Crippen LogP contribution is -1.96. The van der Waals surface area contributed by atoms with Crippen LogP contribution in [0, 0.1) is 0 Å². The smallest absolute Gasteiger partial charge is 0.0836 e. The minimum atomic E-state index is 0.593. The number of benzene rings is 1. The van der Waals surface area contributed by atoms with Gasteiger partial charge in [-0.2, -0.15) is 0 Å². The molecule has 0 unspecified atom stereocenters. The second-order valence-electron chi connectivity index (χ2n) is 3.62. The lowest BCUT2D eigenvalue weighted by Gasteiger charge is -2.09. The fraction of sp³-hybridized carbons (Fsp3) is 0.417. The van der Waals surface area contributed by atoms with E-state index in [1.165, 1.54) is 5.56 Å². The first kappa shape index (κ1) is 10.8. The first-order valence-electron chi connectivity index (χ1n) is 4.98. The summed E-state index contributed by atoms with van der Waals surface area (Å²) >= 11 is 0. The van der Waals surface area contributed by atoms with E-state index in [-0.39, 0.29) is 0 Å². The molecular formula is C12H17NO. The van der Waals surface area contributed by atoms with E-state index in [9.17, 15) is 0 Å². The van der Waals surface area contributed by atoms with Crippen molar-refractivity contribution in [3.05, 3.63) is 35.4 Å². The van der Waals surface area contributed by atoms with Crippen LogP contribution in [0.4, 0.5) is 0 Å². The van der Waals surface area contributed by atoms with Gasteiger partial charge in [-0.25, -0.2) is 0 Å². The number of rotatable bonds is 3. The summed E-state index contributed by atoms with van der Waals surface area (Å²) in [5.74, 6) is 0.593.